The fourth-order valence-corrected chi connectivity index (χ4v) is 3.78. The zero-order valence-corrected chi connectivity index (χ0v) is 13.0. The molecule has 1 N–H and O–H groups in total. The average Bonchev–Trinajstić information content (AvgIpc) is 2.91. The molecular weight excluding hydrogens is 325 g/mol. The van der Waals surface area contributed by atoms with Crippen LogP contribution < -0.4 is 0 Å². The molecule has 110 valence electrons. The molecule has 8 heteroatoms. The zero-order valence-electron chi connectivity index (χ0n) is 10.6. The van der Waals surface area contributed by atoms with E-state index in [1.165, 1.54) is 11.0 Å². The normalized spacial score (nSPS) is 22.2. The van der Waals surface area contributed by atoms with E-state index in [0.717, 1.165) is 11.3 Å². The highest BCUT2D eigenvalue weighted by Gasteiger charge is 2.37. The molecule has 2 rings (SSSR count). The summed E-state index contributed by atoms with van der Waals surface area (Å²) in [5.74, 6) is -1.25. The monoisotopic (exact) mass is 337 g/mol. The fraction of sp³-hybridized carbons (Fsp3) is 0.500. The van der Waals surface area contributed by atoms with Crippen LogP contribution in [0.3, 0.4) is 0 Å². The molecule has 0 saturated carbocycles. The van der Waals surface area contributed by atoms with Crippen molar-refractivity contribution in [2.24, 2.45) is 0 Å². The molecule has 0 bridgehead atoms. The summed E-state index contributed by atoms with van der Waals surface area (Å²) in [5.41, 5.74) is 0.314. The quantitative estimate of drug-likeness (QED) is 0.917. The predicted octanol–water partition coefficient (Wildman–Crippen LogP) is 2.76. The molecule has 1 aliphatic heterocycles. The number of rotatable bonds is 4. The van der Waals surface area contributed by atoms with E-state index in [0.29, 0.717) is 27.2 Å². The smallest absolute Gasteiger partial charge is 0.305 e. The molecule has 1 amide bonds. The number of hydrogen-bond donors (Lipinski definition) is 1. The van der Waals surface area contributed by atoms with E-state index >= 15 is 0 Å². The SMILES string of the molecule is COC1CC(CC(=O)O)N(C(=O)c2cc(Cl)sc2Cl)C1. The number of carbonyl (C=O) groups is 2. The molecule has 1 saturated heterocycles. The number of likely N-dealkylation sites (tertiary alicyclic amines) is 1. The first-order chi connectivity index (χ1) is 9.42. The molecule has 2 unspecified atom stereocenters. The van der Waals surface area contributed by atoms with Gasteiger partial charge in [0.2, 0.25) is 0 Å². The molecule has 1 aromatic heterocycles. The molecule has 5 nitrogen and oxygen atoms in total. The van der Waals surface area contributed by atoms with E-state index in [2.05, 4.69) is 0 Å². The fourth-order valence-electron chi connectivity index (χ4n) is 2.33. The molecule has 0 aliphatic carbocycles. The first-order valence-corrected chi connectivity index (χ1v) is 7.50. The molecule has 0 radical (unpaired) electrons. The number of aliphatic carboxylic acids is 1. The van der Waals surface area contributed by atoms with Crippen LogP contribution in [-0.2, 0) is 9.53 Å². The van der Waals surface area contributed by atoms with Crippen molar-refractivity contribution in [2.45, 2.75) is 25.0 Å². The molecule has 0 spiro atoms. The third-order valence-corrected chi connectivity index (χ3v) is 4.76. The molecule has 0 aromatic carbocycles. The molecule has 1 aromatic rings. The Labute approximate surface area is 130 Å². The standard InChI is InChI=1S/C12H13Cl2NO4S/c1-19-7-2-6(3-10(16)17)15(5-7)12(18)8-4-9(13)20-11(8)14/h4,6-7H,2-3,5H2,1H3,(H,16,17). The maximum atomic E-state index is 12.5. The maximum absolute atomic E-state index is 12.5. The summed E-state index contributed by atoms with van der Waals surface area (Å²) in [6.07, 6.45) is 0.238. The highest BCUT2D eigenvalue weighted by molar-refractivity contribution is 7.20. The third kappa shape index (κ3) is 3.25. The van der Waals surface area contributed by atoms with Gasteiger partial charge in [0.1, 0.15) is 4.34 Å². The lowest BCUT2D eigenvalue weighted by atomic mass is 10.1. The van der Waals surface area contributed by atoms with Crippen LogP contribution in [-0.4, -0.2) is 47.7 Å². The van der Waals surface area contributed by atoms with Gasteiger partial charge in [-0.25, -0.2) is 0 Å². The van der Waals surface area contributed by atoms with Gasteiger partial charge in [0, 0.05) is 19.7 Å². The van der Waals surface area contributed by atoms with Gasteiger partial charge in [-0.3, -0.25) is 9.59 Å². The number of carboxylic acid groups (broad SMARTS) is 1. The minimum Gasteiger partial charge on any atom is -0.481 e. The Balaban J connectivity index is 2.21. The number of ether oxygens (including phenoxy) is 1. The zero-order chi connectivity index (χ0) is 14.9. The highest BCUT2D eigenvalue weighted by atomic mass is 35.5. The van der Waals surface area contributed by atoms with E-state index in [1.807, 2.05) is 0 Å². The number of methoxy groups -OCH3 is 1. The summed E-state index contributed by atoms with van der Waals surface area (Å²) in [4.78, 5) is 24.9. The molecule has 1 fully saturated rings. The average molecular weight is 338 g/mol. The van der Waals surface area contributed by atoms with Crippen LogP contribution in [0, 0.1) is 0 Å². The number of carbonyl (C=O) groups excluding carboxylic acids is 1. The van der Waals surface area contributed by atoms with Gasteiger partial charge in [-0.2, -0.15) is 0 Å². The Morgan fingerprint density at radius 1 is 1.55 bits per heavy atom. The van der Waals surface area contributed by atoms with Crippen molar-refractivity contribution in [3.8, 4) is 0 Å². The van der Waals surface area contributed by atoms with E-state index < -0.39 is 5.97 Å². The van der Waals surface area contributed by atoms with Crippen molar-refractivity contribution >= 4 is 46.4 Å². The summed E-state index contributed by atoms with van der Waals surface area (Å²) < 4.78 is 5.97. The van der Waals surface area contributed by atoms with E-state index in [1.54, 1.807) is 7.11 Å². The molecule has 20 heavy (non-hydrogen) atoms. The Morgan fingerprint density at radius 3 is 2.75 bits per heavy atom. The van der Waals surface area contributed by atoms with Crippen LogP contribution >= 0.6 is 34.5 Å². The summed E-state index contributed by atoms with van der Waals surface area (Å²) in [5, 5.41) is 8.94. The molecule has 2 atom stereocenters. The van der Waals surface area contributed by atoms with Gasteiger partial charge >= 0.3 is 5.97 Å². The van der Waals surface area contributed by atoms with Crippen LogP contribution in [0.1, 0.15) is 23.2 Å². The van der Waals surface area contributed by atoms with Gasteiger partial charge in [-0.1, -0.05) is 23.2 Å². The predicted molar refractivity (Wildman–Crippen MR) is 76.8 cm³/mol. The first kappa shape index (κ1) is 15.6. The van der Waals surface area contributed by atoms with E-state index in [4.69, 9.17) is 33.0 Å². The second-order valence-corrected chi connectivity index (χ2v) is 6.83. The molecule has 2 heterocycles. The summed E-state index contributed by atoms with van der Waals surface area (Å²) >= 11 is 12.9. The topological polar surface area (TPSA) is 66.8 Å². The lowest BCUT2D eigenvalue weighted by Gasteiger charge is -2.22. The van der Waals surface area contributed by atoms with Crippen molar-refractivity contribution in [1.29, 1.82) is 0 Å². The summed E-state index contributed by atoms with van der Waals surface area (Å²) in [7, 11) is 1.55. The highest BCUT2D eigenvalue weighted by Crippen LogP contribution is 2.34. The third-order valence-electron chi connectivity index (χ3n) is 3.27. The number of nitrogens with zero attached hydrogens (tertiary/aromatic N) is 1. The number of thiophene rings is 1. The van der Waals surface area contributed by atoms with Crippen LogP contribution in [0.4, 0.5) is 0 Å². The molecule has 1 aliphatic rings. The number of hydrogen-bond acceptors (Lipinski definition) is 4. The lowest BCUT2D eigenvalue weighted by molar-refractivity contribution is -0.137. The second-order valence-electron chi connectivity index (χ2n) is 4.54. The van der Waals surface area contributed by atoms with Crippen molar-refractivity contribution in [1.82, 2.24) is 4.90 Å². The maximum Gasteiger partial charge on any atom is 0.305 e. The Morgan fingerprint density at radius 2 is 2.25 bits per heavy atom. The van der Waals surface area contributed by atoms with Crippen molar-refractivity contribution in [2.75, 3.05) is 13.7 Å². The number of amides is 1. The number of halogens is 2. The largest absolute Gasteiger partial charge is 0.481 e. The lowest BCUT2D eigenvalue weighted by Crippen LogP contribution is -2.37. The molecular formula is C12H13Cl2NO4S. The van der Waals surface area contributed by atoms with E-state index in [9.17, 15) is 9.59 Å². The van der Waals surface area contributed by atoms with E-state index in [-0.39, 0.29) is 24.5 Å². The summed E-state index contributed by atoms with van der Waals surface area (Å²) in [6.45, 7) is 0.358. The van der Waals surface area contributed by atoms with Crippen molar-refractivity contribution in [3.05, 3.63) is 20.3 Å². The van der Waals surface area contributed by atoms with Crippen LogP contribution in [0.15, 0.2) is 6.07 Å². The van der Waals surface area contributed by atoms with Gasteiger partial charge in [0.25, 0.3) is 5.91 Å². The Hall–Kier alpha value is -0.820. The van der Waals surface area contributed by atoms with Gasteiger partial charge < -0.3 is 14.7 Å². The first-order valence-electron chi connectivity index (χ1n) is 5.92. The Kier molecular flexibility index (Phi) is 4.90. The van der Waals surface area contributed by atoms with Gasteiger partial charge in [0.15, 0.2) is 0 Å². The number of carboxylic acids is 1. The van der Waals surface area contributed by atoms with Crippen LogP contribution in [0.2, 0.25) is 8.67 Å². The van der Waals surface area contributed by atoms with Crippen LogP contribution in [0.5, 0.6) is 0 Å². The summed E-state index contributed by atoms with van der Waals surface area (Å²) in [6, 6.07) is 1.12. The second kappa shape index (κ2) is 6.30. The van der Waals surface area contributed by atoms with Gasteiger partial charge in [0.05, 0.1) is 22.4 Å². The minimum absolute atomic E-state index is 0.110. The van der Waals surface area contributed by atoms with Crippen molar-refractivity contribution < 1.29 is 19.4 Å². The minimum atomic E-state index is -0.945. The Bertz CT molecular complexity index is 534. The van der Waals surface area contributed by atoms with Crippen LogP contribution in [0.25, 0.3) is 0 Å². The van der Waals surface area contributed by atoms with Gasteiger partial charge in [-0.05, 0) is 12.5 Å². The van der Waals surface area contributed by atoms with Gasteiger partial charge in [-0.15, -0.1) is 11.3 Å². The van der Waals surface area contributed by atoms with Crippen molar-refractivity contribution in [3.63, 3.8) is 0 Å².